The number of halogens is 1. The molecule has 2 rings (SSSR count). The van der Waals surface area contributed by atoms with Gasteiger partial charge >= 0.3 is 0 Å². The van der Waals surface area contributed by atoms with E-state index in [0.29, 0.717) is 22.3 Å². The summed E-state index contributed by atoms with van der Waals surface area (Å²) in [5, 5.41) is 3.32. The Hall–Kier alpha value is -2.08. The van der Waals surface area contributed by atoms with Crippen molar-refractivity contribution in [3.63, 3.8) is 0 Å². The van der Waals surface area contributed by atoms with E-state index in [1.165, 1.54) is 14.0 Å². The number of hydrogen-bond acceptors (Lipinski definition) is 5. The van der Waals surface area contributed by atoms with Gasteiger partial charge in [-0.15, -0.1) is 0 Å². The predicted molar refractivity (Wildman–Crippen MR) is 69.8 cm³/mol. The molecular weight excluding hydrogens is 256 g/mol. The number of fused-ring (bicyclic) bond motifs is 1. The molecule has 0 bridgehead atoms. The van der Waals surface area contributed by atoms with Crippen LogP contribution < -0.4 is 15.8 Å². The highest BCUT2D eigenvalue weighted by atomic mass is 35.5. The highest BCUT2D eigenvalue weighted by Crippen LogP contribution is 2.32. The first kappa shape index (κ1) is 12.4. The average molecular weight is 267 g/mol. The van der Waals surface area contributed by atoms with E-state index < -0.39 is 0 Å². The summed E-state index contributed by atoms with van der Waals surface area (Å²) in [6.07, 6.45) is 0. The fourth-order valence-corrected chi connectivity index (χ4v) is 1.79. The van der Waals surface area contributed by atoms with Crippen LogP contribution in [0.15, 0.2) is 12.1 Å². The summed E-state index contributed by atoms with van der Waals surface area (Å²) in [4.78, 5) is 19.0. The number of carbonyl (C=O) groups excluding carboxylic acids is 1. The number of benzene rings is 1. The summed E-state index contributed by atoms with van der Waals surface area (Å²) in [7, 11) is 1.50. The molecule has 1 aromatic carbocycles. The summed E-state index contributed by atoms with van der Waals surface area (Å²) in [6, 6.07) is 3.30. The van der Waals surface area contributed by atoms with E-state index in [0.717, 1.165) is 0 Å². The minimum Gasteiger partial charge on any atom is -0.495 e. The van der Waals surface area contributed by atoms with Crippen LogP contribution >= 0.6 is 11.6 Å². The molecule has 0 aliphatic heterocycles. The second-order valence-corrected chi connectivity index (χ2v) is 3.97. The molecule has 0 unspecified atom stereocenters. The first-order chi connectivity index (χ1) is 8.51. The second kappa shape index (κ2) is 4.66. The molecular formula is C11H11ClN4O2. The molecule has 0 aliphatic carbocycles. The molecule has 6 nitrogen and oxygen atoms in total. The minimum absolute atomic E-state index is 0.0546. The first-order valence-corrected chi connectivity index (χ1v) is 5.47. The van der Waals surface area contributed by atoms with Crippen LogP contribution in [0.1, 0.15) is 6.92 Å². The quantitative estimate of drug-likeness (QED) is 0.810. The first-order valence-electron chi connectivity index (χ1n) is 5.09. The standard InChI is InChI=1S/C11H11ClN4O2/c1-5(17)14-8-4-7-6(3-9(8)18-2)10(13)16-11(12)15-7/h3-4H,1-2H3,(H,14,17)(H2,13,15,16). The Morgan fingerprint density at radius 3 is 2.78 bits per heavy atom. The van der Waals surface area contributed by atoms with Crippen LogP contribution in [-0.2, 0) is 4.79 Å². The van der Waals surface area contributed by atoms with Crippen molar-refractivity contribution in [3.05, 3.63) is 17.4 Å². The molecule has 0 fully saturated rings. The van der Waals surface area contributed by atoms with Gasteiger partial charge in [0.05, 0.1) is 18.3 Å². The van der Waals surface area contributed by atoms with Crippen molar-refractivity contribution < 1.29 is 9.53 Å². The zero-order valence-corrected chi connectivity index (χ0v) is 10.6. The fraction of sp³-hybridized carbons (Fsp3) is 0.182. The number of nitrogens with zero attached hydrogens (tertiary/aromatic N) is 2. The Morgan fingerprint density at radius 1 is 1.44 bits per heavy atom. The Kier molecular flexibility index (Phi) is 3.20. The molecule has 18 heavy (non-hydrogen) atoms. The molecule has 0 radical (unpaired) electrons. The number of anilines is 2. The van der Waals surface area contributed by atoms with Gasteiger partial charge in [-0.2, -0.15) is 0 Å². The summed E-state index contributed by atoms with van der Waals surface area (Å²) in [6.45, 7) is 1.41. The van der Waals surface area contributed by atoms with Crippen LogP contribution in [0.2, 0.25) is 5.28 Å². The number of nitrogens with two attached hydrogens (primary N) is 1. The van der Waals surface area contributed by atoms with Gasteiger partial charge in [0.25, 0.3) is 0 Å². The summed E-state index contributed by atoms with van der Waals surface area (Å²) >= 11 is 5.73. The average Bonchev–Trinajstić information content (AvgIpc) is 2.27. The minimum atomic E-state index is -0.208. The number of hydrogen-bond donors (Lipinski definition) is 2. The lowest BCUT2D eigenvalue weighted by atomic mass is 10.2. The highest BCUT2D eigenvalue weighted by Gasteiger charge is 2.11. The van der Waals surface area contributed by atoms with Gasteiger partial charge < -0.3 is 15.8 Å². The number of methoxy groups -OCH3 is 1. The highest BCUT2D eigenvalue weighted by molar-refractivity contribution is 6.28. The maximum absolute atomic E-state index is 11.1. The van der Waals surface area contributed by atoms with Crippen molar-refractivity contribution in [2.75, 3.05) is 18.2 Å². The van der Waals surface area contributed by atoms with Gasteiger partial charge in [-0.05, 0) is 23.7 Å². The Balaban J connectivity index is 2.68. The zero-order valence-electron chi connectivity index (χ0n) is 9.82. The van der Waals surface area contributed by atoms with Crippen LogP contribution in [0.3, 0.4) is 0 Å². The number of carbonyl (C=O) groups is 1. The molecule has 1 amide bonds. The van der Waals surface area contributed by atoms with Gasteiger partial charge in [0.1, 0.15) is 11.6 Å². The maximum atomic E-state index is 11.1. The monoisotopic (exact) mass is 266 g/mol. The molecule has 94 valence electrons. The lowest BCUT2D eigenvalue weighted by Crippen LogP contribution is -2.07. The molecule has 1 aromatic heterocycles. The molecule has 0 aliphatic rings. The summed E-state index contributed by atoms with van der Waals surface area (Å²) in [5.41, 5.74) is 6.80. The fourth-order valence-electron chi connectivity index (χ4n) is 1.61. The lowest BCUT2D eigenvalue weighted by Gasteiger charge is -2.11. The van der Waals surface area contributed by atoms with E-state index in [4.69, 9.17) is 22.1 Å². The van der Waals surface area contributed by atoms with Crippen molar-refractivity contribution >= 4 is 39.9 Å². The predicted octanol–water partition coefficient (Wildman–Crippen LogP) is 1.83. The molecule has 2 aromatic rings. The number of nitrogens with one attached hydrogen (secondary N) is 1. The molecule has 7 heteroatoms. The molecule has 0 atom stereocenters. The number of aromatic nitrogens is 2. The van der Waals surface area contributed by atoms with E-state index in [2.05, 4.69) is 15.3 Å². The molecule has 3 N–H and O–H groups in total. The van der Waals surface area contributed by atoms with Gasteiger partial charge in [0, 0.05) is 12.3 Å². The molecule has 1 heterocycles. The summed E-state index contributed by atoms with van der Waals surface area (Å²) in [5.74, 6) is 0.536. The lowest BCUT2D eigenvalue weighted by molar-refractivity contribution is -0.114. The van der Waals surface area contributed by atoms with Gasteiger partial charge in [-0.25, -0.2) is 9.97 Å². The second-order valence-electron chi connectivity index (χ2n) is 3.63. The third kappa shape index (κ3) is 2.28. The maximum Gasteiger partial charge on any atom is 0.224 e. The number of amides is 1. The van der Waals surface area contributed by atoms with Crippen LogP contribution in [0.25, 0.3) is 10.9 Å². The van der Waals surface area contributed by atoms with Crippen LogP contribution in [0.5, 0.6) is 5.75 Å². The van der Waals surface area contributed by atoms with Gasteiger partial charge in [-0.3, -0.25) is 4.79 Å². The van der Waals surface area contributed by atoms with Crippen molar-refractivity contribution in [3.8, 4) is 5.75 Å². The van der Waals surface area contributed by atoms with Gasteiger partial charge in [0.15, 0.2) is 0 Å². The summed E-state index contributed by atoms with van der Waals surface area (Å²) < 4.78 is 5.18. The van der Waals surface area contributed by atoms with Crippen molar-refractivity contribution in [2.45, 2.75) is 6.92 Å². The van der Waals surface area contributed by atoms with Gasteiger partial charge in [-0.1, -0.05) is 0 Å². The van der Waals surface area contributed by atoms with E-state index >= 15 is 0 Å². The number of rotatable bonds is 2. The van der Waals surface area contributed by atoms with Gasteiger partial charge in [0.2, 0.25) is 11.2 Å². The van der Waals surface area contributed by atoms with Crippen LogP contribution in [-0.4, -0.2) is 23.0 Å². The largest absolute Gasteiger partial charge is 0.495 e. The Bertz CT molecular complexity index is 630. The smallest absolute Gasteiger partial charge is 0.224 e. The number of nitrogen functional groups attached to an aromatic ring is 1. The van der Waals surface area contributed by atoms with Crippen molar-refractivity contribution in [1.82, 2.24) is 9.97 Å². The Labute approximate surface area is 108 Å². The number of ether oxygens (including phenoxy) is 1. The van der Waals surface area contributed by atoms with E-state index in [-0.39, 0.29) is 17.0 Å². The SMILES string of the molecule is COc1cc2c(N)nc(Cl)nc2cc1NC(C)=O. The molecule has 0 saturated carbocycles. The topological polar surface area (TPSA) is 90.1 Å². The van der Waals surface area contributed by atoms with E-state index in [1.807, 2.05) is 0 Å². The molecule has 0 spiro atoms. The van der Waals surface area contributed by atoms with Crippen molar-refractivity contribution in [1.29, 1.82) is 0 Å². The van der Waals surface area contributed by atoms with Crippen LogP contribution in [0, 0.1) is 0 Å². The van der Waals surface area contributed by atoms with E-state index in [9.17, 15) is 4.79 Å². The van der Waals surface area contributed by atoms with E-state index in [1.54, 1.807) is 12.1 Å². The van der Waals surface area contributed by atoms with Crippen molar-refractivity contribution in [2.24, 2.45) is 0 Å². The third-order valence-corrected chi connectivity index (χ3v) is 2.50. The zero-order chi connectivity index (χ0) is 13.3. The van der Waals surface area contributed by atoms with Crippen LogP contribution in [0.4, 0.5) is 11.5 Å². The Morgan fingerprint density at radius 2 is 2.17 bits per heavy atom. The third-order valence-electron chi connectivity index (χ3n) is 2.33. The molecule has 0 saturated heterocycles. The normalized spacial score (nSPS) is 10.4.